The minimum atomic E-state index is -0.356. The zero-order chi connectivity index (χ0) is 34.0. The molecule has 0 fully saturated rings. The second kappa shape index (κ2) is 19.7. The van der Waals surface area contributed by atoms with Gasteiger partial charge in [-0.05, 0) is 75.1 Å². The van der Waals surface area contributed by atoms with Crippen molar-refractivity contribution in [1.82, 2.24) is 30.0 Å². The lowest BCUT2D eigenvalue weighted by Gasteiger charge is -2.16. The van der Waals surface area contributed by atoms with Crippen molar-refractivity contribution in [1.29, 1.82) is 0 Å². The summed E-state index contributed by atoms with van der Waals surface area (Å²) in [6.45, 7) is 6.56. The number of rotatable bonds is 21. The molecule has 48 heavy (non-hydrogen) atoms. The van der Waals surface area contributed by atoms with Gasteiger partial charge in [-0.25, -0.2) is 14.8 Å². The quantitative estimate of drug-likeness (QED) is 0.0927. The Kier molecular flexibility index (Phi) is 14.8. The lowest BCUT2D eigenvalue weighted by molar-refractivity contribution is -0.148. The third-order valence-corrected chi connectivity index (χ3v) is 7.41. The van der Waals surface area contributed by atoms with Crippen molar-refractivity contribution in [2.24, 2.45) is 7.05 Å². The van der Waals surface area contributed by atoms with Crippen LogP contribution in [0.1, 0.15) is 67.3 Å². The number of carbonyl (C=O) groups excluding carboxylic acids is 2. The summed E-state index contributed by atoms with van der Waals surface area (Å²) in [4.78, 5) is 32.5. The Labute approximate surface area is 281 Å². The van der Waals surface area contributed by atoms with Gasteiger partial charge >= 0.3 is 5.97 Å². The minimum Gasteiger partial charge on any atom is -0.494 e. The van der Waals surface area contributed by atoms with E-state index >= 15 is 0 Å². The number of benzene rings is 2. The van der Waals surface area contributed by atoms with E-state index in [4.69, 9.17) is 18.9 Å². The molecule has 2 aromatic carbocycles. The maximum atomic E-state index is 13.1. The zero-order valence-corrected chi connectivity index (χ0v) is 27.9. The third kappa shape index (κ3) is 11.7. The highest BCUT2D eigenvalue weighted by Crippen LogP contribution is 2.21. The van der Waals surface area contributed by atoms with E-state index in [1.165, 1.54) is 6.33 Å². The monoisotopic (exact) mass is 659 g/mol. The average Bonchev–Trinajstić information content (AvgIpc) is 3.48. The molecule has 0 aliphatic rings. The van der Waals surface area contributed by atoms with Crippen molar-refractivity contribution < 1.29 is 28.5 Å². The van der Waals surface area contributed by atoms with Crippen LogP contribution in [-0.4, -0.2) is 76.3 Å². The molecule has 1 amide bonds. The number of amides is 1. The van der Waals surface area contributed by atoms with Crippen molar-refractivity contribution in [2.45, 2.75) is 52.1 Å². The Balaban J connectivity index is 1.13. The first-order valence-electron chi connectivity index (χ1n) is 16.3. The maximum Gasteiger partial charge on any atom is 0.332 e. The lowest BCUT2D eigenvalue weighted by atomic mass is 10.1. The number of nitrogens with zero attached hydrogens (tertiary/aromatic N) is 5. The van der Waals surface area contributed by atoms with E-state index in [0.29, 0.717) is 56.7 Å². The van der Waals surface area contributed by atoms with Crippen LogP contribution in [0.15, 0.2) is 67.1 Å². The van der Waals surface area contributed by atoms with Gasteiger partial charge in [0, 0.05) is 31.1 Å². The molecule has 0 saturated heterocycles. The van der Waals surface area contributed by atoms with Crippen molar-refractivity contribution >= 4 is 17.6 Å². The summed E-state index contributed by atoms with van der Waals surface area (Å²) in [7, 11) is 1.89. The van der Waals surface area contributed by atoms with E-state index in [1.54, 1.807) is 25.3 Å². The summed E-state index contributed by atoms with van der Waals surface area (Å²) in [6, 6.07) is 16.7. The minimum absolute atomic E-state index is 0.0401. The van der Waals surface area contributed by atoms with Gasteiger partial charge in [-0.1, -0.05) is 24.6 Å². The van der Waals surface area contributed by atoms with Crippen molar-refractivity contribution in [2.75, 3.05) is 45.0 Å². The van der Waals surface area contributed by atoms with Gasteiger partial charge < -0.3 is 34.1 Å². The van der Waals surface area contributed by atoms with E-state index in [0.717, 1.165) is 48.5 Å². The molecule has 2 N–H and O–H groups in total. The molecule has 1 atom stereocenters. The summed E-state index contributed by atoms with van der Waals surface area (Å²) in [6.07, 6.45) is 7.11. The predicted octanol–water partition coefficient (Wildman–Crippen LogP) is 4.91. The van der Waals surface area contributed by atoms with Gasteiger partial charge in [0.2, 0.25) is 0 Å². The number of unbranched alkanes of at least 4 members (excludes halogenated alkanes) is 3. The number of aromatic nitrogens is 5. The van der Waals surface area contributed by atoms with Crippen molar-refractivity contribution in [3.8, 4) is 17.3 Å². The van der Waals surface area contributed by atoms with E-state index < -0.39 is 0 Å². The van der Waals surface area contributed by atoms with Crippen LogP contribution in [0.5, 0.6) is 5.75 Å². The summed E-state index contributed by atoms with van der Waals surface area (Å²) in [5, 5.41) is 15.0. The van der Waals surface area contributed by atoms with Crippen LogP contribution in [0.3, 0.4) is 0 Å². The summed E-state index contributed by atoms with van der Waals surface area (Å²) >= 11 is 0. The number of nitrogens with one attached hydrogen (secondary N) is 2. The van der Waals surface area contributed by atoms with Crippen LogP contribution in [0.4, 0.5) is 5.69 Å². The molecule has 2 aromatic heterocycles. The van der Waals surface area contributed by atoms with Gasteiger partial charge in [0.15, 0.2) is 11.6 Å². The Morgan fingerprint density at radius 2 is 1.73 bits per heavy atom. The highest BCUT2D eigenvalue weighted by Gasteiger charge is 2.14. The predicted molar refractivity (Wildman–Crippen MR) is 180 cm³/mol. The molecule has 4 rings (SSSR count). The Hall–Kier alpha value is -4.88. The molecule has 13 nitrogen and oxygen atoms in total. The van der Waals surface area contributed by atoms with Crippen LogP contribution in [0.25, 0.3) is 11.5 Å². The smallest absolute Gasteiger partial charge is 0.332 e. The molecular formula is C35H45N7O6. The molecule has 0 bridgehead atoms. The Morgan fingerprint density at radius 3 is 2.54 bits per heavy atom. The molecule has 0 unspecified atom stereocenters. The second-order valence-corrected chi connectivity index (χ2v) is 11.0. The van der Waals surface area contributed by atoms with Crippen LogP contribution >= 0.6 is 0 Å². The molecule has 0 radical (unpaired) electrons. The maximum absolute atomic E-state index is 13.1. The van der Waals surface area contributed by atoms with Gasteiger partial charge in [0.05, 0.1) is 39.0 Å². The molecular weight excluding hydrogens is 614 g/mol. The summed E-state index contributed by atoms with van der Waals surface area (Å²) in [5.74, 6) is 1.63. The number of anilines is 1. The topological polar surface area (TPSA) is 152 Å². The SMILES string of the molecule is CCOC(=O)COCCOCCCCCCOc1cccc([C@@H](C)NC(=O)c2cccc(NCc3nnc(-c4ccncn4)n3C)c2)c1. The fourth-order valence-corrected chi connectivity index (χ4v) is 4.78. The molecule has 0 aliphatic carbocycles. The van der Waals surface area contributed by atoms with Crippen LogP contribution in [0.2, 0.25) is 0 Å². The summed E-state index contributed by atoms with van der Waals surface area (Å²) < 4.78 is 23.4. The second-order valence-electron chi connectivity index (χ2n) is 11.0. The first kappa shape index (κ1) is 36.0. The fraction of sp³-hybridized carbons (Fsp3) is 0.429. The fourth-order valence-electron chi connectivity index (χ4n) is 4.78. The Bertz CT molecular complexity index is 1570. The number of hydrogen-bond donors (Lipinski definition) is 2. The highest BCUT2D eigenvalue weighted by molar-refractivity contribution is 5.95. The van der Waals surface area contributed by atoms with Gasteiger partial charge in [0.25, 0.3) is 5.91 Å². The molecule has 0 saturated carbocycles. The molecule has 4 aromatic rings. The molecule has 0 spiro atoms. The third-order valence-electron chi connectivity index (χ3n) is 7.41. The number of carbonyl (C=O) groups is 2. The molecule has 0 aliphatic heterocycles. The van der Waals surface area contributed by atoms with E-state index in [1.807, 2.05) is 61.0 Å². The van der Waals surface area contributed by atoms with Gasteiger partial charge in [0.1, 0.15) is 24.4 Å². The number of ether oxygens (including phenoxy) is 4. The largest absolute Gasteiger partial charge is 0.494 e. The average molecular weight is 660 g/mol. The van der Waals surface area contributed by atoms with Gasteiger partial charge in [-0.3, -0.25) is 4.79 Å². The van der Waals surface area contributed by atoms with Crippen molar-refractivity contribution in [3.05, 3.63) is 84.1 Å². The van der Waals surface area contributed by atoms with Gasteiger partial charge in [-0.15, -0.1) is 10.2 Å². The highest BCUT2D eigenvalue weighted by atomic mass is 16.6. The van der Waals surface area contributed by atoms with Crippen LogP contribution in [-0.2, 0) is 32.6 Å². The van der Waals surface area contributed by atoms with E-state index in [-0.39, 0.29) is 24.5 Å². The Morgan fingerprint density at radius 1 is 0.917 bits per heavy atom. The first-order chi connectivity index (χ1) is 23.4. The van der Waals surface area contributed by atoms with Crippen LogP contribution in [0, 0.1) is 0 Å². The first-order valence-corrected chi connectivity index (χ1v) is 16.3. The zero-order valence-electron chi connectivity index (χ0n) is 27.9. The molecule has 13 heteroatoms. The van der Waals surface area contributed by atoms with E-state index in [9.17, 15) is 9.59 Å². The van der Waals surface area contributed by atoms with Crippen LogP contribution < -0.4 is 15.4 Å². The lowest BCUT2D eigenvalue weighted by Crippen LogP contribution is -2.26. The molecule has 256 valence electrons. The normalized spacial score (nSPS) is 11.6. The summed E-state index contributed by atoms with van der Waals surface area (Å²) in [5.41, 5.74) is 2.99. The number of hydrogen-bond acceptors (Lipinski definition) is 11. The van der Waals surface area contributed by atoms with Crippen molar-refractivity contribution in [3.63, 3.8) is 0 Å². The van der Waals surface area contributed by atoms with Gasteiger partial charge in [-0.2, -0.15) is 0 Å². The van der Waals surface area contributed by atoms with E-state index in [2.05, 4.69) is 30.8 Å². The number of esters is 1. The standard InChI is InChI=1S/C35H45N7O6/c1-4-47-33(43)24-46-20-19-45-17-7-5-6-8-18-48-30-14-10-11-27(22-30)26(2)39-35(44)28-12-9-13-29(21-28)37-23-32-40-41-34(42(32)3)31-15-16-36-25-38-31/h9-16,21-22,25-26,37H,4-8,17-20,23-24H2,1-3H3,(H,39,44)/t26-/m1/s1. The molecule has 2 heterocycles.